The normalized spacial score (nSPS) is 15.7. The average molecular weight is 343 g/mol. The number of hydrogen-bond acceptors (Lipinski definition) is 3. The van der Waals surface area contributed by atoms with Crippen molar-refractivity contribution in [2.24, 2.45) is 4.99 Å². The van der Waals surface area contributed by atoms with Crippen molar-refractivity contribution in [1.29, 1.82) is 0 Å². The number of benzene rings is 1. The summed E-state index contributed by atoms with van der Waals surface area (Å²) in [5, 5.41) is 6.28. The second kappa shape index (κ2) is 7.64. The van der Waals surface area contributed by atoms with E-state index in [-0.39, 0.29) is 17.3 Å². The van der Waals surface area contributed by atoms with Gasteiger partial charge < -0.3 is 10.6 Å². The quantitative estimate of drug-likeness (QED) is 0.449. The summed E-state index contributed by atoms with van der Waals surface area (Å²) in [6, 6.07) is 6.09. The van der Waals surface area contributed by atoms with Crippen LogP contribution in [0.25, 0.3) is 0 Å². The zero-order valence-corrected chi connectivity index (χ0v) is 15.4. The van der Waals surface area contributed by atoms with Gasteiger partial charge in [-0.05, 0) is 65.0 Å². The van der Waals surface area contributed by atoms with Gasteiger partial charge in [0.05, 0.1) is 0 Å². The molecule has 1 aromatic rings. The number of hydrogen-bond donors (Lipinski definition) is 2. The first-order chi connectivity index (χ1) is 11.8. The standard InChI is InChI=1S/C20H26FN3O/c1-13(2)17(14(3)18(22-5)24-20(4)10-11-20)19(25)23-12-15-6-8-16(21)9-7-15/h6-9,24H,5,10-12H2,1-4H3,(H,23,25)/b18-14-. The summed E-state index contributed by atoms with van der Waals surface area (Å²) in [5.74, 6) is 0.180. The highest BCUT2D eigenvalue weighted by atomic mass is 19.1. The number of aliphatic imine (C=N–C) groups is 1. The summed E-state index contributed by atoms with van der Waals surface area (Å²) in [6.45, 7) is 11.8. The molecule has 1 aliphatic rings. The first kappa shape index (κ1) is 18.9. The molecule has 0 saturated heterocycles. The van der Waals surface area contributed by atoms with Crippen molar-refractivity contribution in [1.82, 2.24) is 10.6 Å². The van der Waals surface area contributed by atoms with E-state index in [2.05, 4.69) is 29.3 Å². The Kier molecular flexibility index (Phi) is 5.77. The fourth-order valence-corrected chi connectivity index (χ4v) is 2.61. The average Bonchev–Trinajstić information content (AvgIpc) is 3.29. The molecule has 1 aliphatic carbocycles. The first-order valence-corrected chi connectivity index (χ1v) is 8.42. The lowest BCUT2D eigenvalue weighted by molar-refractivity contribution is -0.117. The lowest BCUT2D eigenvalue weighted by atomic mass is 10.0. The maximum Gasteiger partial charge on any atom is 0.251 e. The van der Waals surface area contributed by atoms with Crippen LogP contribution < -0.4 is 10.6 Å². The van der Waals surface area contributed by atoms with Crippen molar-refractivity contribution in [3.63, 3.8) is 0 Å². The molecule has 25 heavy (non-hydrogen) atoms. The van der Waals surface area contributed by atoms with Crippen LogP contribution in [0.15, 0.2) is 51.8 Å². The van der Waals surface area contributed by atoms with Crippen molar-refractivity contribution in [3.05, 3.63) is 58.2 Å². The van der Waals surface area contributed by atoms with E-state index >= 15 is 0 Å². The highest BCUT2D eigenvalue weighted by molar-refractivity contribution is 5.98. The van der Waals surface area contributed by atoms with Gasteiger partial charge in [0.2, 0.25) is 0 Å². The van der Waals surface area contributed by atoms with Crippen LogP contribution in [0.5, 0.6) is 0 Å². The first-order valence-electron chi connectivity index (χ1n) is 8.42. The van der Waals surface area contributed by atoms with E-state index in [4.69, 9.17) is 0 Å². The van der Waals surface area contributed by atoms with Crippen LogP contribution >= 0.6 is 0 Å². The maximum absolute atomic E-state index is 13.0. The summed E-state index contributed by atoms with van der Waals surface area (Å²) in [7, 11) is 0. The Labute approximate surface area is 148 Å². The van der Waals surface area contributed by atoms with Gasteiger partial charge in [-0.25, -0.2) is 9.38 Å². The number of nitrogens with zero attached hydrogens (tertiary/aromatic N) is 1. The number of halogens is 1. The minimum Gasteiger partial charge on any atom is -0.365 e. The van der Waals surface area contributed by atoms with Gasteiger partial charge in [0.25, 0.3) is 5.91 Å². The van der Waals surface area contributed by atoms with Crippen LogP contribution in [0, 0.1) is 5.82 Å². The molecule has 1 aromatic carbocycles. The Balaban J connectivity index is 2.15. The molecule has 1 fully saturated rings. The summed E-state index contributed by atoms with van der Waals surface area (Å²) in [6.07, 6.45) is 2.17. The third kappa shape index (κ3) is 5.02. The van der Waals surface area contributed by atoms with Gasteiger partial charge in [0.15, 0.2) is 0 Å². The molecule has 0 aromatic heterocycles. The van der Waals surface area contributed by atoms with E-state index in [0.29, 0.717) is 17.9 Å². The zero-order valence-electron chi connectivity index (χ0n) is 15.4. The molecule has 0 aliphatic heterocycles. The van der Waals surface area contributed by atoms with Gasteiger partial charge in [-0.15, -0.1) is 0 Å². The van der Waals surface area contributed by atoms with Gasteiger partial charge in [0, 0.05) is 23.2 Å². The van der Waals surface area contributed by atoms with Crippen molar-refractivity contribution in [2.75, 3.05) is 0 Å². The molecular formula is C20H26FN3O. The molecule has 0 spiro atoms. The maximum atomic E-state index is 13.0. The Bertz CT molecular complexity index is 724. The van der Waals surface area contributed by atoms with E-state index in [1.807, 2.05) is 20.8 Å². The molecular weight excluding hydrogens is 317 g/mol. The summed E-state index contributed by atoms with van der Waals surface area (Å²) >= 11 is 0. The third-order valence-corrected chi connectivity index (χ3v) is 4.40. The molecule has 0 heterocycles. The van der Waals surface area contributed by atoms with E-state index in [1.54, 1.807) is 12.1 Å². The molecule has 2 rings (SSSR count). The number of allylic oxidation sites excluding steroid dienone is 1. The highest BCUT2D eigenvalue weighted by Gasteiger charge is 2.38. The Morgan fingerprint density at radius 2 is 1.84 bits per heavy atom. The Hall–Kier alpha value is -2.43. The minimum absolute atomic E-state index is 0.0507. The third-order valence-electron chi connectivity index (χ3n) is 4.40. The Morgan fingerprint density at radius 1 is 1.24 bits per heavy atom. The predicted molar refractivity (Wildman–Crippen MR) is 99.6 cm³/mol. The predicted octanol–water partition coefficient (Wildman–Crippen LogP) is 3.85. The van der Waals surface area contributed by atoms with Gasteiger partial charge in [-0.1, -0.05) is 17.7 Å². The summed E-state index contributed by atoms with van der Waals surface area (Å²) in [5.41, 5.74) is 3.17. The molecule has 0 bridgehead atoms. The monoisotopic (exact) mass is 343 g/mol. The van der Waals surface area contributed by atoms with Crippen LogP contribution in [0.2, 0.25) is 0 Å². The highest BCUT2D eigenvalue weighted by Crippen LogP contribution is 2.36. The smallest absolute Gasteiger partial charge is 0.251 e. The lowest BCUT2D eigenvalue weighted by Gasteiger charge is -2.18. The second-order valence-electron chi connectivity index (χ2n) is 7.00. The van der Waals surface area contributed by atoms with E-state index in [1.165, 1.54) is 12.1 Å². The van der Waals surface area contributed by atoms with Gasteiger partial charge >= 0.3 is 0 Å². The SMILES string of the molecule is C=N/C(NC1(C)CC1)=C(\C)C(C(=O)NCc1ccc(F)cc1)=C(C)C. The molecule has 2 N–H and O–H groups in total. The van der Waals surface area contributed by atoms with Crippen LogP contribution in [0.1, 0.15) is 46.1 Å². The molecule has 0 unspecified atom stereocenters. The number of amides is 1. The van der Waals surface area contributed by atoms with Crippen molar-refractivity contribution in [3.8, 4) is 0 Å². The molecule has 1 amide bonds. The molecule has 0 radical (unpaired) electrons. The minimum atomic E-state index is -0.291. The van der Waals surface area contributed by atoms with Gasteiger partial charge in [-0.3, -0.25) is 4.79 Å². The van der Waals surface area contributed by atoms with E-state index in [0.717, 1.165) is 29.6 Å². The van der Waals surface area contributed by atoms with Crippen molar-refractivity contribution < 1.29 is 9.18 Å². The van der Waals surface area contributed by atoms with E-state index < -0.39 is 0 Å². The van der Waals surface area contributed by atoms with Crippen LogP contribution in [-0.4, -0.2) is 18.2 Å². The number of carbonyl (C=O) groups is 1. The van der Waals surface area contributed by atoms with Crippen molar-refractivity contribution >= 4 is 12.6 Å². The van der Waals surface area contributed by atoms with Crippen LogP contribution in [0.3, 0.4) is 0 Å². The number of carbonyl (C=O) groups excluding carboxylic acids is 1. The summed E-state index contributed by atoms with van der Waals surface area (Å²) in [4.78, 5) is 16.8. The molecule has 5 heteroatoms. The molecule has 1 saturated carbocycles. The van der Waals surface area contributed by atoms with E-state index in [9.17, 15) is 9.18 Å². The largest absolute Gasteiger partial charge is 0.365 e. The fraction of sp³-hybridized carbons (Fsp3) is 0.400. The number of nitrogens with one attached hydrogen (secondary N) is 2. The Morgan fingerprint density at radius 3 is 2.32 bits per heavy atom. The van der Waals surface area contributed by atoms with Gasteiger partial charge in [0.1, 0.15) is 11.6 Å². The number of rotatable bonds is 7. The molecule has 4 nitrogen and oxygen atoms in total. The second-order valence-corrected chi connectivity index (χ2v) is 7.00. The fourth-order valence-electron chi connectivity index (χ4n) is 2.61. The topological polar surface area (TPSA) is 53.5 Å². The van der Waals surface area contributed by atoms with Crippen LogP contribution in [0.4, 0.5) is 4.39 Å². The zero-order chi connectivity index (χ0) is 18.6. The molecule has 0 atom stereocenters. The van der Waals surface area contributed by atoms with Crippen molar-refractivity contribution in [2.45, 2.75) is 52.6 Å². The summed E-state index contributed by atoms with van der Waals surface area (Å²) < 4.78 is 13.0. The molecule has 134 valence electrons. The van der Waals surface area contributed by atoms with Gasteiger partial charge in [-0.2, -0.15) is 0 Å². The van der Waals surface area contributed by atoms with Crippen LogP contribution in [-0.2, 0) is 11.3 Å². The lowest BCUT2D eigenvalue weighted by Crippen LogP contribution is -2.30.